The molecule has 0 saturated heterocycles. The zero-order chi connectivity index (χ0) is 15.5. The molecule has 22 heavy (non-hydrogen) atoms. The van der Waals surface area contributed by atoms with E-state index in [0.717, 1.165) is 5.56 Å². The lowest BCUT2D eigenvalue weighted by molar-refractivity contribution is 0.100. The van der Waals surface area contributed by atoms with E-state index >= 15 is 0 Å². The van der Waals surface area contributed by atoms with E-state index in [9.17, 15) is 9.59 Å². The topological polar surface area (TPSA) is 117 Å². The highest BCUT2D eigenvalue weighted by Crippen LogP contribution is 2.12. The predicted molar refractivity (Wildman–Crippen MR) is 75.9 cm³/mol. The summed E-state index contributed by atoms with van der Waals surface area (Å²) in [6.45, 7) is 0.217. The van der Waals surface area contributed by atoms with E-state index in [1.807, 2.05) is 0 Å². The van der Waals surface area contributed by atoms with Gasteiger partial charge in [-0.25, -0.2) is 19.3 Å². The molecule has 3 rings (SSSR count). The first-order valence-electron chi connectivity index (χ1n) is 6.38. The Labute approximate surface area is 124 Å². The number of nitrogens with two attached hydrogens (primary N) is 1. The first-order chi connectivity index (χ1) is 10.6. The average molecular weight is 297 g/mol. The van der Waals surface area contributed by atoms with Crippen molar-refractivity contribution in [3.63, 3.8) is 0 Å². The van der Waals surface area contributed by atoms with Crippen LogP contribution in [-0.4, -0.2) is 25.6 Å². The zero-order valence-electron chi connectivity index (χ0n) is 11.3. The molecule has 0 aliphatic carbocycles. The van der Waals surface area contributed by atoms with Gasteiger partial charge < -0.3 is 5.73 Å². The van der Waals surface area contributed by atoms with Crippen molar-refractivity contribution in [3.05, 3.63) is 64.4 Å². The fourth-order valence-corrected chi connectivity index (χ4v) is 1.94. The van der Waals surface area contributed by atoms with E-state index in [0.29, 0.717) is 11.4 Å². The summed E-state index contributed by atoms with van der Waals surface area (Å²) < 4.78 is 6.00. The number of aromatic nitrogens is 4. The van der Waals surface area contributed by atoms with Gasteiger partial charge in [0.2, 0.25) is 11.7 Å². The van der Waals surface area contributed by atoms with Crippen LogP contribution >= 0.6 is 0 Å². The molecule has 0 aliphatic rings. The van der Waals surface area contributed by atoms with E-state index in [4.69, 9.17) is 5.73 Å². The van der Waals surface area contributed by atoms with Crippen molar-refractivity contribution in [3.8, 4) is 11.6 Å². The van der Waals surface area contributed by atoms with Crippen LogP contribution in [0.2, 0.25) is 0 Å². The van der Waals surface area contributed by atoms with Crippen LogP contribution in [0.4, 0.5) is 0 Å². The van der Waals surface area contributed by atoms with Crippen LogP contribution in [0.3, 0.4) is 0 Å². The molecule has 110 valence electrons. The van der Waals surface area contributed by atoms with Crippen molar-refractivity contribution in [2.75, 3.05) is 0 Å². The third-order valence-corrected chi connectivity index (χ3v) is 3.03. The van der Waals surface area contributed by atoms with Crippen LogP contribution in [-0.2, 0) is 6.54 Å². The molecular formula is C14H11N5O3. The van der Waals surface area contributed by atoms with E-state index in [-0.39, 0.29) is 12.4 Å². The second kappa shape index (κ2) is 5.60. The Kier molecular flexibility index (Phi) is 3.48. The van der Waals surface area contributed by atoms with Gasteiger partial charge in [-0.1, -0.05) is 17.3 Å². The van der Waals surface area contributed by atoms with Crippen LogP contribution in [0.5, 0.6) is 0 Å². The number of amides is 1. The number of carbonyl (C=O) groups excluding carboxylic acids is 1. The maximum Gasteiger partial charge on any atom is 0.442 e. The van der Waals surface area contributed by atoms with Crippen molar-refractivity contribution in [2.24, 2.45) is 5.73 Å². The van der Waals surface area contributed by atoms with Gasteiger partial charge in [-0.3, -0.25) is 9.32 Å². The molecular weight excluding hydrogens is 286 g/mol. The van der Waals surface area contributed by atoms with E-state index in [1.54, 1.807) is 42.7 Å². The highest BCUT2D eigenvalue weighted by molar-refractivity contribution is 5.92. The average Bonchev–Trinajstić information content (AvgIpc) is 2.90. The summed E-state index contributed by atoms with van der Waals surface area (Å²) >= 11 is 0. The van der Waals surface area contributed by atoms with Gasteiger partial charge in [-0.2, -0.15) is 0 Å². The van der Waals surface area contributed by atoms with E-state index < -0.39 is 11.7 Å². The molecule has 0 saturated carbocycles. The first kappa shape index (κ1) is 13.7. The number of hydrogen-bond donors (Lipinski definition) is 1. The Morgan fingerprint density at radius 1 is 1.18 bits per heavy atom. The van der Waals surface area contributed by atoms with E-state index in [1.165, 1.54) is 4.57 Å². The fraction of sp³-hybridized carbons (Fsp3) is 0.0714. The molecule has 8 nitrogen and oxygen atoms in total. The molecule has 0 fully saturated rings. The minimum Gasteiger partial charge on any atom is -0.366 e. The van der Waals surface area contributed by atoms with Crippen LogP contribution in [0.25, 0.3) is 11.6 Å². The van der Waals surface area contributed by atoms with Crippen LogP contribution in [0.15, 0.2) is 52.0 Å². The summed E-state index contributed by atoms with van der Waals surface area (Å²) in [5.74, 6) is -0.583. The maximum absolute atomic E-state index is 11.8. The second-order valence-electron chi connectivity index (χ2n) is 4.49. The number of hydrogen-bond acceptors (Lipinski definition) is 6. The largest absolute Gasteiger partial charge is 0.442 e. The molecule has 0 radical (unpaired) electrons. The molecule has 8 heteroatoms. The molecule has 0 spiro atoms. The molecule has 1 aromatic carbocycles. The molecule has 1 amide bonds. The molecule has 0 aliphatic heterocycles. The van der Waals surface area contributed by atoms with Gasteiger partial charge in [0.1, 0.15) is 0 Å². The smallest absolute Gasteiger partial charge is 0.366 e. The molecule has 2 N–H and O–H groups in total. The molecule has 2 heterocycles. The van der Waals surface area contributed by atoms with Gasteiger partial charge in [-0.05, 0) is 23.8 Å². The quantitative estimate of drug-likeness (QED) is 0.746. The predicted octanol–water partition coefficient (Wildman–Crippen LogP) is 0.440. The lowest BCUT2D eigenvalue weighted by Crippen LogP contribution is -2.17. The Balaban J connectivity index is 1.94. The summed E-state index contributed by atoms with van der Waals surface area (Å²) in [7, 11) is 0. The van der Waals surface area contributed by atoms with Crippen LogP contribution < -0.4 is 11.5 Å². The Bertz CT molecular complexity index is 852. The maximum atomic E-state index is 11.8. The van der Waals surface area contributed by atoms with Gasteiger partial charge in [0.25, 0.3) is 0 Å². The summed E-state index contributed by atoms with van der Waals surface area (Å²) in [6.07, 6.45) is 3.10. The van der Waals surface area contributed by atoms with Gasteiger partial charge in [-0.15, -0.1) is 0 Å². The minimum absolute atomic E-state index is 0.217. The number of nitrogens with zero attached hydrogens (tertiary/aromatic N) is 4. The van der Waals surface area contributed by atoms with Crippen molar-refractivity contribution in [1.29, 1.82) is 0 Å². The lowest BCUT2D eigenvalue weighted by Gasteiger charge is -2.04. The van der Waals surface area contributed by atoms with E-state index in [2.05, 4.69) is 19.6 Å². The number of carbonyl (C=O) groups is 1. The van der Waals surface area contributed by atoms with Crippen molar-refractivity contribution in [2.45, 2.75) is 6.54 Å². The SMILES string of the molecule is NC(=O)c1ccc(Cn2c(-c3ncccn3)noc2=O)cc1. The Morgan fingerprint density at radius 2 is 1.86 bits per heavy atom. The normalized spacial score (nSPS) is 10.5. The number of rotatable bonds is 4. The zero-order valence-corrected chi connectivity index (χ0v) is 11.3. The third-order valence-electron chi connectivity index (χ3n) is 3.03. The third kappa shape index (κ3) is 2.62. The Morgan fingerprint density at radius 3 is 2.50 bits per heavy atom. The Hall–Kier alpha value is -3.29. The van der Waals surface area contributed by atoms with Gasteiger partial charge >= 0.3 is 5.76 Å². The van der Waals surface area contributed by atoms with Crippen molar-refractivity contribution >= 4 is 5.91 Å². The molecule has 2 aromatic heterocycles. The summed E-state index contributed by atoms with van der Waals surface area (Å²) in [5.41, 5.74) is 6.37. The summed E-state index contributed by atoms with van der Waals surface area (Å²) in [6, 6.07) is 8.25. The second-order valence-corrected chi connectivity index (χ2v) is 4.49. The summed E-state index contributed by atoms with van der Waals surface area (Å²) in [5, 5.41) is 3.70. The highest BCUT2D eigenvalue weighted by Gasteiger charge is 2.15. The van der Waals surface area contributed by atoms with Gasteiger partial charge in [0, 0.05) is 18.0 Å². The monoisotopic (exact) mass is 297 g/mol. The molecule has 0 unspecified atom stereocenters. The fourth-order valence-electron chi connectivity index (χ4n) is 1.94. The lowest BCUT2D eigenvalue weighted by atomic mass is 10.1. The molecule has 0 bridgehead atoms. The number of primary amides is 1. The van der Waals surface area contributed by atoms with Crippen molar-refractivity contribution in [1.82, 2.24) is 19.7 Å². The van der Waals surface area contributed by atoms with Gasteiger partial charge in [0.05, 0.1) is 6.54 Å². The minimum atomic E-state index is -0.610. The first-order valence-corrected chi connectivity index (χ1v) is 6.38. The van der Waals surface area contributed by atoms with Crippen molar-refractivity contribution < 1.29 is 9.32 Å². The molecule has 0 atom stereocenters. The highest BCUT2D eigenvalue weighted by atomic mass is 16.5. The number of benzene rings is 1. The summed E-state index contributed by atoms with van der Waals surface area (Å²) in [4.78, 5) is 30.9. The van der Waals surface area contributed by atoms with Crippen LogP contribution in [0.1, 0.15) is 15.9 Å². The van der Waals surface area contributed by atoms with Crippen LogP contribution in [0, 0.1) is 0 Å². The standard InChI is InChI=1S/C14H11N5O3/c15-11(20)10-4-2-9(3-5-10)8-19-13(18-22-14(19)21)12-16-6-1-7-17-12/h1-7H,8H2,(H2,15,20). The molecule has 3 aromatic rings. The van der Waals surface area contributed by atoms with Gasteiger partial charge in [0.15, 0.2) is 5.82 Å².